The lowest BCUT2D eigenvalue weighted by Gasteiger charge is -1.85. The van der Waals surface area contributed by atoms with Crippen molar-refractivity contribution in [3.8, 4) is 0 Å². The minimum absolute atomic E-state index is 0. The molecule has 0 N–H and O–H groups in total. The molecule has 0 aliphatic heterocycles. The SMILES string of the molecule is Clc1cncc(Cl)c1.[N]. The first-order valence-electron chi connectivity index (χ1n) is 2.05. The van der Waals surface area contributed by atoms with Gasteiger partial charge in [0.15, 0.2) is 0 Å². The highest BCUT2D eigenvalue weighted by Crippen LogP contribution is 2.11. The van der Waals surface area contributed by atoms with Crippen molar-refractivity contribution in [3.63, 3.8) is 0 Å². The number of aromatic nitrogens is 1. The Morgan fingerprint density at radius 1 is 1.11 bits per heavy atom. The van der Waals surface area contributed by atoms with Gasteiger partial charge >= 0.3 is 0 Å². The first-order chi connectivity index (χ1) is 3.79. The second-order valence-corrected chi connectivity index (χ2v) is 2.19. The van der Waals surface area contributed by atoms with Gasteiger partial charge in [0.2, 0.25) is 0 Å². The number of pyridine rings is 1. The van der Waals surface area contributed by atoms with Crippen LogP contribution in [0.3, 0.4) is 0 Å². The van der Waals surface area contributed by atoms with Crippen LogP contribution in [0.4, 0.5) is 0 Å². The summed E-state index contributed by atoms with van der Waals surface area (Å²) < 4.78 is 0. The van der Waals surface area contributed by atoms with Crippen LogP contribution >= 0.6 is 23.2 Å². The topological polar surface area (TPSA) is 43.4 Å². The van der Waals surface area contributed by atoms with E-state index < -0.39 is 0 Å². The maximum Gasteiger partial charge on any atom is 0.0604 e. The van der Waals surface area contributed by atoms with Crippen LogP contribution in [-0.4, -0.2) is 4.98 Å². The van der Waals surface area contributed by atoms with E-state index in [0.717, 1.165) is 0 Å². The molecule has 47 valence electrons. The standard InChI is InChI=1S/C5H3Cl2N.N/c6-4-1-5(7)3-8-2-4;/h1-3H;. The number of rotatable bonds is 0. The van der Waals surface area contributed by atoms with Gasteiger partial charge in [0.25, 0.3) is 0 Å². The van der Waals surface area contributed by atoms with Crippen molar-refractivity contribution >= 4 is 23.2 Å². The molecule has 0 aromatic carbocycles. The van der Waals surface area contributed by atoms with Crippen LogP contribution in [0.25, 0.3) is 0 Å². The molecule has 0 saturated heterocycles. The van der Waals surface area contributed by atoms with Gasteiger partial charge in [-0.1, -0.05) is 23.2 Å². The Morgan fingerprint density at radius 3 is 1.78 bits per heavy atom. The number of hydrogen-bond acceptors (Lipinski definition) is 1. The summed E-state index contributed by atoms with van der Waals surface area (Å²) in [5.74, 6) is 0. The molecular formula is C5H3Cl2N2. The molecular weight excluding hydrogens is 159 g/mol. The molecule has 1 heterocycles. The molecule has 0 unspecified atom stereocenters. The average molecular weight is 162 g/mol. The largest absolute Gasteiger partial charge is 0.262 e. The summed E-state index contributed by atoms with van der Waals surface area (Å²) in [5.41, 5.74) is 0. The minimum atomic E-state index is 0. The smallest absolute Gasteiger partial charge is 0.0604 e. The summed E-state index contributed by atoms with van der Waals surface area (Å²) in [5, 5.41) is 1.13. The van der Waals surface area contributed by atoms with E-state index in [1.54, 1.807) is 6.07 Å². The molecule has 9 heavy (non-hydrogen) atoms. The molecule has 2 nitrogen and oxygen atoms in total. The molecule has 0 aliphatic carbocycles. The van der Waals surface area contributed by atoms with Gasteiger partial charge in [-0.3, -0.25) is 4.98 Å². The highest BCUT2D eigenvalue weighted by Gasteiger charge is 1.86. The van der Waals surface area contributed by atoms with Gasteiger partial charge < -0.3 is 0 Å². The van der Waals surface area contributed by atoms with Crippen LogP contribution in [0, 0.1) is 0 Å². The fraction of sp³-hybridized carbons (Fsp3) is 0. The first-order valence-corrected chi connectivity index (χ1v) is 2.80. The van der Waals surface area contributed by atoms with Gasteiger partial charge in [-0.05, 0) is 6.07 Å². The summed E-state index contributed by atoms with van der Waals surface area (Å²) in [6.07, 6.45) is 3.07. The fourth-order valence-electron chi connectivity index (χ4n) is 0.386. The summed E-state index contributed by atoms with van der Waals surface area (Å²) in [7, 11) is 0. The van der Waals surface area contributed by atoms with Crippen LogP contribution < -0.4 is 6.15 Å². The molecule has 1 rings (SSSR count). The summed E-state index contributed by atoms with van der Waals surface area (Å²) in [6, 6.07) is 1.64. The van der Waals surface area contributed by atoms with E-state index in [0.29, 0.717) is 10.0 Å². The van der Waals surface area contributed by atoms with Crippen molar-refractivity contribution in [1.29, 1.82) is 0 Å². The lowest BCUT2D eigenvalue weighted by atomic mass is 10.5. The lowest BCUT2D eigenvalue weighted by Crippen LogP contribution is -1.68. The fourth-order valence-corrected chi connectivity index (χ4v) is 0.790. The highest BCUT2D eigenvalue weighted by molar-refractivity contribution is 6.34. The Kier molecular flexibility index (Phi) is 3.54. The van der Waals surface area contributed by atoms with Crippen LogP contribution in [0.15, 0.2) is 18.5 Å². The lowest BCUT2D eigenvalue weighted by molar-refractivity contribution is 1.33. The first kappa shape index (κ1) is 8.69. The van der Waals surface area contributed by atoms with E-state index in [9.17, 15) is 0 Å². The second kappa shape index (κ2) is 3.67. The average Bonchev–Trinajstić information content (AvgIpc) is 1.64. The van der Waals surface area contributed by atoms with Crippen LogP contribution in [-0.2, 0) is 0 Å². The molecule has 0 aliphatic rings. The Hall–Kier alpha value is -0.310. The van der Waals surface area contributed by atoms with E-state index in [4.69, 9.17) is 23.2 Å². The van der Waals surface area contributed by atoms with Crippen molar-refractivity contribution < 1.29 is 0 Å². The summed E-state index contributed by atoms with van der Waals surface area (Å²) in [4.78, 5) is 3.72. The molecule has 4 heteroatoms. The summed E-state index contributed by atoms with van der Waals surface area (Å²) >= 11 is 11.0. The predicted molar refractivity (Wildman–Crippen MR) is 36.4 cm³/mol. The molecule has 0 saturated carbocycles. The van der Waals surface area contributed by atoms with Gasteiger partial charge in [0.05, 0.1) is 10.0 Å². The zero-order chi connectivity index (χ0) is 5.98. The van der Waals surface area contributed by atoms with Crippen LogP contribution in [0.1, 0.15) is 0 Å². The molecule has 0 spiro atoms. The Morgan fingerprint density at radius 2 is 1.56 bits per heavy atom. The van der Waals surface area contributed by atoms with Crippen molar-refractivity contribution in [2.45, 2.75) is 0 Å². The van der Waals surface area contributed by atoms with Crippen LogP contribution in [0.5, 0.6) is 0 Å². The molecule has 0 amide bonds. The Balaban J connectivity index is 0.000000640. The van der Waals surface area contributed by atoms with Crippen molar-refractivity contribution in [2.75, 3.05) is 0 Å². The zero-order valence-corrected chi connectivity index (χ0v) is 5.89. The van der Waals surface area contributed by atoms with Crippen molar-refractivity contribution in [3.05, 3.63) is 28.5 Å². The van der Waals surface area contributed by atoms with E-state index in [-0.39, 0.29) is 6.15 Å². The maximum atomic E-state index is 5.50. The molecule has 0 fully saturated rings. The van der Waals surface area contributed by atoms with E-state index >= 15 is 0 Å². The molecule has 0 atom stereocenters. The molecule has 1 aromatic rings. The number of nitrogens with zero attached hydrogens (tertiary/aromatic N) is 2. The predicted octanol–water partition coefficient (Wildman–Crippen LogP) is 1.91. The van der Waals surface area contributed by atoms with Crippen molar-refractivity contribution in [2.24, 2.45) is 0 Å². The molecule has 3 radical (unpaired) electrons. The highest BCUT2D eigenvalue weighted by atomic mass is 35.5. The van der Waals surface area contributed by atoms with E-state index in [2.05, 4.69) is 4.98 Å². The van der Waals surface area contributed by atoms with E-state index in [1.165, 1.54) is 12.4 Å². The second-order valence-electron chi connectivity index (χ2n) is 1.32. The monoisotopic (exact) mass is 161 g/mol. The normalized spacial score (nSPS) is 8.22. The third-order valence-corrected chi connectivity index (χ3v) is 1.08. The van der Waals surface area contributed by atoms with Gasteiger partial charge in [-0.15, -0.1) is 0 Å². The Bertz CT molecular complexity index is 173. The van der Waals surface area contributed by atoms with Crippen molar-refractivity contribution in [1.82, 2.24) is 11.1 Å². The summed E-state index contributed by atoms with van der Waals surface area (Å²) in [6.45, 7) is 0. The zero-order valence-electron chi connectivity index (χ0n) is 4.38. The van der Waals surface area contributed by atoms with Gasteiger partial charge in [-0.25, -0.2) is 0 Å². The number of hydrogen-bond donors (Lipinski definition) is 0. The molecule has 1 aromatic heterocycles. The van der Waals surface area contributed by atoms with Crippen LogP contribution in [0.2, 0.25) is 10.0 Å². The van der Waals surface area contributed by atoms with Gasteiger partial charge in [-0.2, -0.15) is 0 Å². The minimum Gasteiger partial charge on any atom is -0.262 e. The maximum absolute atomic E-state index is 5.50. The van der Waals surface area contributed by atoms with Gasteiger partial charge in [0.1, 0.15) is 0 Å². The van der Waals surface area contributed by atoms with E-state index in [1.807, 2.05) is 0 Å². The quantitative estimate of drug-likeness (QED) is 0.574. The third-order valence-electron chi connectivity index (χ3n) is 0.672. The Labute approximate surface area is 63.4 Å². The third kappa shape index (κ3) is 2.65. The van der Waals surface area contributed by atoms with Gasteiger partial charge in [0, 0.05) is 18.5 Å². The molecule has 0 bridgehead atoms. The number of halogens is 2.